The summed E-state index contributed by atoms with van der Waals surface area (Å²) in [5.41, 5.74) is 0. The lowest BCUT2D eigenvalue weighted by atomic mass is 10.1. The minimum atomic E-state index is 0.901. The fourth-order valence-electron chi connectivity index (χ4n) is 2.56. The van der Waals surface area contributed by atoms with Gasteiger partial charge in [-0.1, -0.05) is 77.6 Å². The highest BCUT2D eigenvalue weighted by atomic mass is 14.9. The van der Waals surface area contributed by atoms with Crippen LogP contribution in [0.15, 0.2) is 0 Å². The van der Waals surface area contributed by atoms with Crippen molar-refractivity contribution in [3.63, 3.8) is 0 Å². The molecule has 1 heteroatoms. The molecule has 1 saturated carbocycles. The van der Waals surface area contributed by atoms with Crippen molar-refractivity contribution in [2.24, 2.45) is 0 Å². The van der Waals surface area contributed by atoms with Crippen molar-refractivity contribution >= 4 is 0 Å². The van der Waals surface area contributed by atoms with Crippen LogP contribution in [0.5, 0.6) is 0 Å². The molecule has 1 rings (SSSR count). The molecule has 18 heavy (non-hydrogen) atoms. The summed E-state index contributed by atoms with van der Waals surface area (Å²) in [6, 6.07) is 0.901. The molecule has 0 bridgehead atoms. The van der Waals surface area contributed by atoms with E-state index in [1.54, 1.807) is 0 Å². The summed E-state index contributed by atoms with van der Waals surface area (Å²) in [6.45, 7) is 3.56. The highest BCUT2D eigenvalue weighted by Crippen LogP contribution is 2.18. The van der Waals surface area contributed by atoms with Gasteiger partial charge in [0.15, 0.2) is 0 Å². The fraction of sp³-hybridized carbons (Fsp3) is 1.00. The Morgan fingerprint density at radius 3 is 1.56 bits per heavy atom. The first-order chi connectivity index (χ1) is 8.93. The summed E-state index contributed by atoms with van der Waals surface area (Å²) in [5.74, 6) is 0. The smallest absolute Gasteiger partial charge is 0.00682 e. The molecule has 0 spiro atoms. The van der Waals surface area contributed by atoms with E-state index in [1.807, 2.05) is 0 Å². The van der Waals surface area contributed by atoms with Gasteiger partial charge in [-0.25, -0.2) is 0 Å². The largest absolute Gasteiger partial charge is 0.314 e. The van der Waals surface area contributed by atoms with E-state index < -0.39 is 0 Å². The van der Waals surface area contributed by atoms with Crippen LogP contribution in [0, 0.1) is 0 Å². The second-order valence-corrected chi connectivity index (χ2v) is 6.12. The predicted octanol–water partition coefficient (Wildman–Crippen LogP) is 5.44. The zero-order valence-electron chi connectivity index (χ0n) is 12.7. The average molecular weight is 253 g/mol. The third-order valence-electron chi connectivity index (χ3n) is 4.04. The molecule has 0 amide bonds. The maximum atomic E-state index is 3.59. The van der Waals surface area contributed by atoms with E-state index in [0.717, 1.165) is 6.04 Å². The summed E-state index contributed by atoms with van der Waals surface area (Å²) < 4.78 is 0. The molecular weight excluding hydrogens is 218 g/mol. The van der Waals surface area contributed by atoms with E-state index in [0.29, 0.717) is 0 Å². The molecule has 0 aromatic heterocycles. The third kappa shape index (κ3) is 11.1. The Kier molecular flexibility index (Phi) is 10.7. The van der Waals surface area contributed by atoms with Crippen LogP contribution in [0.25, 0.3) is 0 Å². The Balaban J connectivity index is 1.60. The first-order valence-corrected chi connectivity index (χ1v) is 8.67. The molecule has 0 atom stereocenters. The zero-order valence-corrected chi connectivity index (χ0v) is 12.7. The maximum absolute atomic E-state index is 3.59. The lowest BCUT2D eigenvalue weighted by Gasteiger charge is -2.03. The first kappa shape index (κ1) is 16.0. The third-order valence-corrected chi connectivity index (χ3v) is 4.04. The average Bonchev–Trinajstić information content (AvgIpc) is 3.19. The van der Waals surface area contributed by atoms with Gasteiger partial charge >= 0.3 is 0 Å². The number of unbranched alkanes of at least 4 members (excludes halogenated alkanes) is 11. The van der Waals surface area contributed by atoms with Gasteiger partial charge in [0.05, 0.1) is 0 Å². The van der Waals surface area contributed by atoms with Crippen LogP contribution in [-0.2, 0) is 0 Å². The van der Waals surface area contributed by atoms with Crippen LogP contribution >= 0.6 is 0 Å². The van der Waals surface area contributed by atoms with Crippen molar-refractivity contribution in [2.45, 2.75) is 103 Å². The highest BCUT2D eigenvalue weighted by Gasteiger charge is 2.19. The Morgan fingerprint density at radius 1 is 0.667 bits per heavy atom. The van der Waals surface area contributed by atoms with Gasteiger partial charge in [0, 0.05) is 6.04 Å². The highest BCUT2D eigenvalue weighted by molar-refractivity contribution is 4.80. The van der Waals surface area contributed by atoms with Crippen LogP contribution in [0.2, 0.25) is 0 Å². The Hall–Kier alpha value is -0.0400. The Labute approximate surface area is 115 Å². The minimum Gasteiger partial charge on any atom is -0.314 e. The van der Waals surface area contributed by atoms with Gasteiger partial charge in [0.25, 0.3) is 0 Å². The molecule has 0 heterocycles. The van der Waals surface area contributed by atoms with Crippen molar-refractivity contribution in [1.29, 1.82) is 0 Å². The van der Waals surface area contributed by atoms with Gasteiger partial charge in [0.1, 0.15) is 0 Å². The fourth-order valence-corrected chi connectivity index (χ4v) is 2.56. The SMILES string of the molecule is CCCCCCCCCCCCCCNC1CC1. The number of nitrogens with one attached hydrogen (secondary N) is 1. The molecule has 0 aliphatic heterocycles. The summed E-state index contributed by atoms with van der Waals surface area (Å²) in [6.07, 6.45) is 20.3. The topological polar surface area (TPSA) is 12.0 Å². The number of hydrogen-bond donors (Lipinski definition) is 1. The van der Waals surface area contributed by atoms with Crippen LogP contribution in [-0.4, -0.2) is 12.6 Å². The molecule has 1 aliphatic rings. The Bertz CT molecular complexity index is 163. The summed E-state index contributed by atoms with van der Waals surface area (Å²) in [5, 5.41) is 3.59. The molecule has 0 unspecified atom stereocenters. The second-order valence-electron chi connectivity index (χ2n) is 6.12. The Morgan fingerprint density at radius 2 is 1.11 bits per heavy atom. The van der Waals surface area contributed by atoms with E-state index in [-0.39, 0.29) is 0 Å². The number of hydrogen-bond acceptors (Lipinski definition) is 1. The van der Waals surface area contributed by atoms with E-state index in [4.69, 9.17) is 0 Å². The van der Waals surface area contributed by atoms with Crippen molar-refractivity contribution in [2.75, 3.05) is 6.54 Å². The molecule has 0 radical (unpaired) electrons. The van der Waals surface area contributed by atoms with Gasteiger partial charge in [0.2, 0.25) is 0 Å². The van der Waals surface area contributed by atoms with Crippen molar-refractivity contribution in [3.05, 3.63) is 0 Å². The molecular formula is C17H35N. The van der Waals surface area contributed by atoms with Gasteiger partial charge < -0.3 is 5.32 Å². The second kappa shape index (κ2) is 12.0. The lowest BCUT2D eigenvalue weighted by molar-refractivity contribution is 0.535. The number of rotatable bonds is 14. The van der Waals surface area contributed by atoms with E-state index in [2.05, 4.69) is 12.2 Å². The van der Waals surface area contributed by atoms with Gasteiger partial charge in [-0.15, -0.1) is 0 Å². The van der Waals surface area contributed by atoms with E-state index >= 15 is 0 Å². The van der Waals surface area contributed by atoms with Gasteiger partial charge in [-0.3, -0.25) is 0 Å². The summed E-state index contributed by atoms with van der Waals surface area (Å²) in [7, 11) is 0. The molecule has 1 fully saturated rings. The standard InChI is InChI=1S/C17H35N/c1-2-3-4-5-6-7-8-9-10-11-12-13-16-18-17-14-15-17/h17-18H,2-16H2,1H3. The monoisotopic (exact) mass is 253 g/mol. The van der Waals surface area contributed by atoms with Crippen LogP contribution < -0.4 is 5.32 Å². The normalized spacial score (nSPS) is 15.2. The molecule has 0 aromatic carbocycles. The molecule has 108 valence electrons. The molecule has 0 saturated heterocycles. The maximum Gasteiger partial charge on any atom is 0.00682 e. The van der Waals surface area contributed by atoms with E-state index in [9.17, 15) is 0 Å². The van der Waals surface area contributed by atoms with Crippen LogP contribution in [0.1, 0.15) is 96.8 Å². The van der Waals surface area contributed by atoms with Gasteiger partial charge in [-0.2, -0.15) is 0 Å². The van der Waals surface area contributed by atoms with E-state index in [1.165, 1.54) is 96.4 Å². The van der Waals surface area contributed by atoms with Crippen molar-refractivity contribution < 1.29 is 0 Å². The van der Waals surface area contributed by atoms with Crippen molar-refractivity contribution in [1.82, 2.24) is 5.32 Å². The summed E-state index contributed by atoms with van der Waals surface area (Å²) in [4.78, 5) is 0. The van der Waals surface area contributed by atoms with Crippen LogP contribution in [0.3, 0.4) is 0 Å². The summed E-state index contributed by atoms with van der Waals surface area (Å²) >= 11 is 0. The predicted molar refractivity (Wildman–Crippen MR) is 82.1 cm³/mol. The molecule has 0 aromatic rings. The molecule has 1 nitrogen and oxygen atoms in total. The minimum absolute atomic E-state index is 0.901. The molecule has 1 N–H and O–H groups in total. The van der Waals surface area contributed by atoms with Gasteiger partial charge in [-0.05, 0) is 25.8 Å². The molecule has 1 aliphatic carbocycles. The van der Waals surface area contributed by atoms with Crippen molar-refractivity contribution in [3.8, 4) is 0 Å². The van der Waals surface area contributed by atoms with Crippen LogP contribution in [0.4, 0.5) is 0 Å². The lowest BCUT2D eigenvalue weighted by Crippen LogP contribution is -2.17. The quantitative estimate of drug-likeness (QED) is 0.406. The zero-order chi connectivity index (χ0) is 12.9. The first-order valence-electron chi connectivity index (χ1n) is 8.67.